The first kappa shape index (κ1) is 17.9. The quantitative estimate of drug-likeness (QED) is 0.520. The average Bonchev–Trinajstić information content (AvgIpc) is 2.92. The van der Waals surface area contributed by atoms with Crippen LogP contribution in [0.25, 0.3) is 0 Å². The Morgan fingerprint density at radius 3 is 2.78 bits per heavy atom. The molecule has 23 heavy (non-hydrogen) atoms. The largest absolute Gasteiger partial charge is 0.395 e. The Balaban J connectivity index is 1.89. The molecule has 1 saturated carbocycles. The molecule has 1 aliphatic carbocycles. The molecule has 2 rings (SSSR count). The van der Waals surface area contributed by atoms with Gasteiger partial charge < -0.3 is 4.84 Å². The summed E-state index contributed by atoms with van der Waals surface area (Å²) in [6.45, 7) is 0.529. The number of aromatic nitrogens is 1. The van der Waals surface area contributed by atoms with Crippen molar-refractivity contribution in [3.63, 3.8) is 0 Å². The van der Waals surface area contributed by atoms with Crippen molar-refractivity contribution in [2.75, 3.05) is 12.4 Å². The molecule has 0 spiro atoms. The third kappa shape index (κ3) is 5.31. The number of allylic oxidation sites excluding steroid dienone is 1. The average molecular weight is 368 g/mol. The summed E-state index contributed by atoms with van der Waals surface area (Å²) in [4.78, 5) is 9.26. The van der Waals surface area contributed by atoms with Gasteiger partial charge in [0.25, 0.3) is 0 Å². The van der Waals surface area contributed by atoms with Gasteiger partial charge in [0.1, 0.15) is 6.61 Å². The van der Waals surface area contributed by atoms with Crippen molar-refractivity contribution >= 4 is 27.4 Å². The van der Waals surface area contributed by atoms with E-state index < -0.39 is 33.9 Å². The molecule has 128 valence electrons. The van der Waals surface area contributed by atoms with E-state index in [0.29, 0.717) is 17.4 Å². The molecule has 0 atom stereocenters. The molecule has 1 fully saturated rings. The highest BCUT2D eigenvalue weighted by Gasteiger charge is 2.21. The summed E-state index contributed by atoms with van der Waals surface area (Å²) in [5, 5.41) is 3.74. The van der Waals surface area contributed by atoms with Crippen molar-refractivity contribution < 1.29 is 26.4 Å². The Hall–Kier alpha value is -1.42. The van der Waals surface area contributed by atoms with E-state index >= 15 is 0 Å². The van der Waals surface area contributed by atoms with Gasteiger partial charge in [0.05, 0.1) is 16.8 Å². The summed E-state index contributed by atoms with van der Waals surface area (Å²) in [5.41, 5.74) is 0. The molecule has 1 aromatic rings. The minimum absolute atomic E-state index is 0.259. The van der Waals surface area contributed by atoms with Crippen LogP contribution in [0.3, 0.4) is 0 Å². The number of rotatable bonds is 8. The first-order chi connectivity index (χ1) is 10.9. The highest BCUT2D eigenvalue weighted by molar-refractivity contribution is 7.93. The fourth-order valence-electron chi connectivity index (χ4n) is 1.78. The lowest BCUT2D eigenvalue weighted by molar-refractivity contribution is 0.0768. The first-order valence-electron chi connectivity index (χ1n) is 6.92. The zero-order valence-electron chi connectivity index (χ0n) is 12.0. The van der Waals surface area contributed by atoms with Crippen molar-refractivity contribution in [2.45, 2.75) is 30.0 Å². The van der Waals surface area contributed by atoms with E-state index in [4.69, 9.17) is 4.84 Å². The SMILES string of the molecule is O=S(=O)(CCC(F)=C(F)F)c1ncc(/C=N\OCC2CCC2)s1. The second-order valence-corrected chi connectivity index (χ2v) is 8.44. The van der Waals surface area contributed by atoms with E-state index in [0.717, 1.165) is 24.2 Å². The Labute approximate surface area is 135 Å². The number of halogens is 3. The number of hydrogen-bond acceptors (Lipinski definition) is 6. The van der Waals surface area contributed by atoms with Crippen LogP contribution in [0.4, 0.5) is 13.2 Å². The number of oxime groups is 1. The Morgan fingerprint density at radius 2 is 2.17 bits per heavy atom. The van der Waals surface area contributed by atoms with E-state index in [1.807, 2.05) is 0 Å². The fourth-order valence-corrected chi connectivity index (χ4v) is 4.17. The van der Waals surface area contributed by atoms with Crippen LogP contribution in [0.2, 0.25) is 0 Å². The van der Waals surface area contributed by atoms with E-state index in [2.05, 4.69) is 10.1 Å². The highest BCUT2D eigenvalue weighted by atomic mass is 32.2. The lowest BCUT2D eigenvalue weighted by atomic mass is 9.86. The number of hydrogen-bond donors (Lipinski definition) is 0. The first-order valence-corrected chi connectivity index (χ1v) is 9.39. The second-order valence-electron chi connectivity index (χ2n) is 5.09. The second kappa shape index (κ2) is 7.91. The van der Waals surface area contributed by atoms with Crippen molar-refractivity contribution in [2.24, 2.45) is 11.1 Å². The van der Waals surface area contributed by atoms with Gasteiger partial charge in [-0.05, 0) is 18.8 Å². The van der Waals surface area contributed by atoms with E-state index in [9.17, 15) is 21.6 Å². The molecule has 5 nitrogen and oxygen atoms in total. The third-order valence-corrected chi connectivity index (χ3v) is 6.47. The summed E-state index contributed by atoms with van der Waals surface area (Å²) in [5.74, 6) is -1.96. The van der Waals surface area contributed by atoms with Crippen LogP contribution >= 0.6 is 11.3 Å². The molecular weight excluding hydrogens is 353 g/mol. The van der Waals surface area contributed by atoms with Crippen LogP contribution in [0.15, 0.2) is 27.6 Å². The standard InChI is InChI=1S/C13H15F3N2O3S2/c14-11(12(15)16)4-5-23(19,20)13-17-6-10(22-13)7-18-21-8-9-2-1-3-9/h6-7,9H,1-5,8H2/b18-7-. The van der Waals surface area contributed by atoms with E-state index in [1.165, 1.54) is 18.8 Å². The zero-order chi connectivity index (χ0) is 16.9. The molecule has 0 N–H and O–H groups in total. The van der Waals surface area contributed by atoms with Gasteiger partial charge in [-0.1, -0.05) is 11.6 Å². The van der Waals surface area contributed by atoms with Gasteiger partial charge in [0, 0.05) is 12.6 Å². The predicted molar refractivity (Wildman–Crippen MR) is 80.0 cm³/mol. The van der Waals surface area contributed by atoms with Crippen LogP contribution in [0.1, 0.15) is 30.6 Å². The molecule has 1 aliphatic rings. The fraction of sp³-hybridized carbons (Fsp3) is 0.538. The molecule has 1 aromatic heterocycles. The van der Waals surface area contributed by atoms with Gasteiger partial charge >= 0.3 is 6.08 Å². The highest BCUT2D eigenvalue weighted by Crippen LogP contribution is 2.26. The molecule has 0 unspecified atom stereocenters. The lowest BCUT2D eigenvalue weighted by Crippen LogP contribution is -2.16. The smallest absolute Gasteiger partial charge is 0.301 e. The lowest BCUT2D eigenvalue weighted by Gasteiger charge is -2.23. The monoisotopic (exact) mass is 368 g/mol. The van der Waals surface area contributed by atoms with Crippen molar-refractivity contribution in [3.8, 4) is 0 Å². The van der Waals surface area contributed by atoms with Gasteiger partial charge in [0.2, 0.25) is 14.2 Å². The van der Waals surface area contributed by atoms with Crippen LogP contribution < -0.4 is 0 Å². The summed E-state index contributed by atoms with van der Waals surface area (Å²) < 4.78 is 60.1. The van der Waals surface area contributed by atoms with Crippen molar-refractivity contribution in [3.05, 3.63) is 23.0 Å². The summed E-state index contributed by atoms with van der Waals surface area (Å²) in [6.07, 6.45) is 2.71. The summed E-state index contributed by atoms with van der Waals surface area (Å²) in [6, 6.07) is 0. The van der Waals surface area contributed by atoms with Gasteiger partial charge in [-0.3, -0.25) is 0 Å². The zero-order valence-corrected chi connectivity index (χ0v) is 13.7. The molecule has 0 aliphatic heterocycles. The third-order valence-electron chi connectivity index (χ3n) is 3.35. The molecule has 0 radical (unpaired) electrons. The van der Waals surface area contributed by atoms with E-state index in [1.54, 1.807) is 0 Å². The number of sulfone groups is 1. The maximum absolute atomic E-state index is 12.7. The van der Waals surface area contributed by atoms with Crippen molar-refractivity contribution in [1.29, 1.82) is 0 Å². The molecule has 10 heteroatoms. The van der Waals surface area contributed by atoms with Gasteiger partial charge in [-0.25, -0.2) is 17.8 Å². The predicted octanol–water partition coefficient (Wildman–Crippen LogP) is 3.54. The molecule has 0 bridgehead atoms. The Morgan fingerprint density at radius 1 is 1.43 bits per heavy atom. The van der Waals surface area contributed by atoms with Crippen LogP contribution in [-0.4, -0.2) is 32.0 Å². The van der Waals surface area contributed by atoms with Gasteiger partial charge in [0.15, 0.2) is 5.83 Å². The minimum atomic E-state index is -3.91. The maximum atomic E-state index is 12.7. The molecule has 0 saturated heterocycles. The molecular formula is C13H15F3N2O3S2. The van der Waals surface area contributed by atoms with E-state index in [-0.39, 0.29) is 4.34 Å². The van der Waals surface area contributed by atoms with Gasteiger partial charge in [-0.2, -0.15) is 8.78 Å². The molecule has 1 heterocycles. The Kier molecular flexibility index (Phi) is 6.17. The summed E-state index contributed by atoms with van der Waals surface area (Å²) in [7, 11) is -3.91. The van der Waals surface area contributed by atoms with Gasteiger partial charge in [-0.15, -0.1) is 11.3 Å². The molecule has 0 aromatic carbocycles. The van der Waals surface area contributed by atoms with Crippen LogP contribution in [0.5, 0.6) is 0 Å². The maximum Gasteiger partial charge on any atom is 0.301 e. The minimum Gasteiger partial charge on any atom is -0.395 e. The summed E-state index contributed by atoms with van der Waals surface area (Å²) >= 11 is 0.824. The van der Waals surface area contributed by atoms with Crippen molar-refractivity contribution in [1.82, 2.24) is 4.98 Å². The van der Waals surface area contributed by atoms with Crippen LogP contribution in [-0.2, 0) is 14.7 Å². The molecule has 0 amide bonds. The number of nitrogens with zero attached hydrogens (tertiary/aromatic N) is 2. The normalized spacial score (nSPS) is 15.6. The number of thiazole rings is 1. The van der Waals surface area contributed by atoms with Crippen LogP contribution in [0, 0.1) is 5.92 Å². The topological polar surface area (TPSA) is 68.6 Å². The Bertz CT molecular complexity index is 693.